The highest BCUT2D eigenvalue weighted by Gasteiger charge is 2.20. The molecule has 0 bridgehead atoms. The SMILES string of the molecule is CCCOCC(=O)NC(CSSc1ccccn1)C(=O)O. The molecule has 0 aliphatic rings. The van der Waals surface area contributed by atoms with Gasteiger partial charge in [-0.05, 0) is 29.3 Å². The highest BCUT2D eigenvalue weighted by Crippen LogP contribution is 2.29. The van der Waals surface area contributed by atoms with Crippen molar-refractivity contribution in [1.29, 1.82) is 0 Å². The summed E-state index contributed by atoms with van der Waals surface area (Å²) in [5.74, 6) is -1.23. The van der Waals surface area contributed by atoms with Crippen LogP contribution in [0.3, 0.4) is 0 Å². The highest BCUT2D eigenvalue weighted by molar-refractivity contribution is 8.76. The first-order valence-corrected chi connectivity index (χ1v) is 8.75. The number of ether oxygens (including phenoxy) is 1. The summed E-state index contributed by atoms with van der Waals surface area (Å²) >= 11 is 0. The summed E-state index contributed by atoms with van der Waals surface area (Å²) in [6.07, 6.45) is 2.48. The van der Waals surface area contributed by atoms with Crippen molar-refractivity contribution >= 4 is 33.5 Å². The molecule has 1 amide bonds. The fourth-order valence-corrected chi connectivity index (χ4v) is 3.34. The Morgan fingerprint density at radius 1 is 1.48 bits per heavy atom. The molecular formula is C13H18N2O4S2. The van der Waals surface area contributed by atoms with Gasteiger partial charge >= 0.3 is 5.97 Å². The first kappa shape index (κ1) is 17.8. The zero-order chi connectivity index (χ0) is 15.5. The Kier molecular flexibility index (Phi) is 8.88. The maximum Gasteiger partial charge on any atom is 0.327 e. The number of carboxylic acids is 1. The van der Waals surface area contributed by atoms with E-state index in [-0.39, 0.29) is 12.4 Å². The smallest absolute Gasteiger partial charge is 0.327 e. The van der Waals surface area contributed by atoms with Crippen molar-refractivity contribution in [3.63, 3.8) is 0 Å². The van der Waals surface area contributed by atoms with Crippen LogP contribution in [0.5, 0.6) is 0 Å². The molecule has 0 saturated carbocycles. The van der Waals surface area contributed by atoms with Gasteiger partial charge in [0.15, 0.2) is 0 Å². The zero-order valence-electron chi connectivity index (χ0n) is 11.7. The number of aliphatic carboxylic acids is 1. The number of hydrogen-bond acceptors (Lipinski definition) is 6. The van der Waals surface area contributed by atoms with Crippen LogP contribution in [0.1, 0.15) is 13.3 Å². The molecule has 8 heteroatoms. The van der Waals surface area contributed by atoms with Crippen molar-refractivity contribution in [2.75, 3.05) is 19.0 Å². The van der Waals surface area contributed by atoms with Crippen LogP contribution in [0.4, 0.5) is 0 Å². The van der Waals surface area contributed by atoms with Gasteiger partial charge in [0.05, 0.1) is 0 Å². The number of pyridine rings is 1. The second kappa shape index (κ2) is 10.5. The van der Waals surface area contributed by atoms with E-state index in [2.05, 4.69) is 10.3 Å². The fraction of sp³-hybridized carbons (Fsp3) is 0.462. The Bertz CT molecular complexity index is 445. The fourth-order valence-electron chi connectivity index (χ4n) is 1.28. The van der Waals surface area contributed by atoms with Gasteiger partial charge in [-0.15, -0.1) is 0 Å². The van der Waals surface area contributed by atoms with Crippen molar-refractivity contribution in [3.8, 4) is 0 Å². The van der Waals surface area contributed by atoms with Gasteiger partial charge in [0.2, 0.25) is 5.91 Å². The highest BCUT2D eigenvalue weighted by atomic mass is 33.1. The third-order valence-corrected chi connectivity index (χ3v) is 4.51. The number of nitrogens with zero attached hydrogens (tertiary/aromatic N) is 1. The topological polar surface area (TPSA) is 88.5 Å². The number of carbonyl (C=O) groups excluding carboxylic acids is 1. The Morgan fingerprint density at radius 2 is 2.29 bits per heavy atom. The number of hydrogen-bond donors (Lipinski definition) is 2. The van der Waals surface area contributed by atoms with Gasteiger partial charge in [0, 0.05) is 18.6 Å². The molecular weight excluding hydrogens is 312 g/mol. The summed E-state index contributed by atoms with van der Waals surface area (Å²) in [4.78, 5) is 26.8. The van der Waals surface area contributed by atoms with Crippen molar-refractivity contribution in [2.45, 2.75) is 24.4 Å². The number of amides is 1. The minimum Gasteiger partial charge on any atom is -0.480 e. The standard InChI is InChI=1S/C13H18N2O4S2/c1-2-7-19-8-11(16)15-10(13(17)18)9-20-21-12-5-3-4-6-14-12/h3-6,10H,2,7-9H2,1H3,(H,15,16)(H,17,18). The third-order valence-electron chi connectivity index (χ3n) is 2.23. The normalized spacial score (nSPS) is 11.9. The quantitative estimate of drug-likeness (QED) is 0.499. The van der Waals surface area contributed by atoms with Gasteiger partial charge in [-0.25, -0.2) is 9.78 Å². The Labute approximate surface area is 131 Å². The second-order valence-corrected chi connectivity index (χ2v) is 6.41. The van der Waals surface area contributed by atoms with E-state index in [1.807, 2.05) is 25.1 Å². The van der Waals surface area contributed by atoms with E-state index < -0.39 is 17.9 Å². The molecule has 0 aliphatic heterocycles. The minimum absolute atomic E-state index is 0.115. The summed E-state index contributed by atoms with van der Waals surface area (Å²) < 4.78 is 5.07. The predicted octanol–water partition coefficient (Wildman–Crippen LogP) is 1.82. The van der Waals surface area contributed by atoms with E-state index in [0.29, 0.717) is 6.61 Å². The predicted molar refractivity (Wildman–Crippen MR) is 83.2 cm³/mol. The molecule has 0 fully saturated rings. The molecule has 0 spiro atoms. The van der Waals surface area contributed by atoms with Gasteiger partial charge in [0.25, 0.3) is 0 Å². The van der Waals surface area contributed by atoms with Crippen LogP contribution in [0.15, 0.2) is 29.4 Å². The van der Waals surface area contributed by atoms with Crippen LogP contribution < -0.4 is 5.32 Å². The molecule has 0 aromatic carbocycles. The molecule has 1 atom stereocenters. The van der Waals surface area contributed by atoms with Crippen molar-refractivity contribution in [1.82, 2.24) is 10.3 Å². The zero-order valence-corrected chi connectivity index (χ0v) is 13.3. The monoisotopic (exact) mass is 330 g/mol. The van der Waals surface area contributed by atoms with Crippen molar-refractivity contribution in [3.05, 3.63) is 24.4 Å². The maximum atomic E-state index is 11.5. The summed E-state index contributed by atoms with van der Waals surface area (Å²) in [5.41, 5.74) is 0. The molecule has 2 N–H and O–H groups in total. The Morgan fingerprint density at radius 3 is 2.90 bits per heavy atom. The van der Waals surface area contributed by atoms with Gasteiger partial charge in [-0.1, -0.05) is 23.8 Å². The van der Waals surface area contributed by atoms with E-state index in [4.69, 9.17) is 9.84 Å². The number of carboxylic acid groups (broad SMARTS) is 1. The van der Waals surface area contributed by atoms with Crippen LogP contribution in [0.25, 0.3) is 0 Å². The summed E-state index contributed by atoms with van der Waals surface area (Å²) in [6, 6.07) is 4.57. The molecule has 116 valence electrons. The lowest BCUT2D eigenvalue weighted by Gasteiger charge is -2.13. The summed E-state index contributed by atoms with van der Waals surface area (Å²) in [6.45, 7) is 2.30. The van der Waals surface area contributed by atoms with Crippen molar-refractivity contribution < 1.29 is 19.4 Å². The Hall–Kier alpha value is -1.25. The molecule has 1 aromatic heterocycles. The molecule has 1 heterocycles. The minimum atomic E-state index is -1.06. The molecule has 21 heavy (non-hydrogen) atoms. The maximum absolute atomic E-state index is 11.5. The van der Waals surface area contributed by atoms with Crippen molar-refractivity contribution in [2.24, 2.45) is 0 Å². The molecule has 6 nitrogen and oxygen atoms in total. The number of nitrogens with one attached hydrogen (secondary N) is 1. The summed E-state index contributed by atoms with van der Waals surface area (Å²) in [5, 5.41) is 12.3. The summed E-state index contributed by atoms with van der Waals surface area (Å²) in [7, 11) is 2.71. The molecule has 1 rings (SSSR count). The van der Waals surface area contributed by atoms with E-state index in [9.17, 15) is 9.59 Å². The number of carbonyl (C=O) groups is 2. The lowest BCUT2D eigenvalue weighted by molar-refractivity contribution is -0.141. The number of rotatable bonds is 10. The van der Waals surface area contributed by atoms with E-state index in [0.717, 1.165) is 11.4 Å². The molecule has 1 unspecified atom stereocenters. The van der Waals surface area contributed by atoms with Crippen LogP contribution >= 0.6 is 21.6 Å². The second-order valence-electron chi connectivity index (χ2n) is 4.05. The first-order chi connectivity index (χ1) is 10.1. The third kappa shape index (κ3) is 7.93. The van der Waals surface area contributed by atoms with E-state index in [1.165, 1.54) is 21.6 Å². The Balaban J connectivity index is 2.32. The van der Waals surface area contributed by atoms with Crippen LogP contribution in [0, 0.1) is 0 Å². The van der Waals surface area contributed by atoms with Crippen LogP contribution in [0.2, 0.25) is 0 Å². The van der Waals surface area contributed by atoms with Crippen LogP contribution in [-0.2, 0) is 14.3 Å². The van der Waals surface area contributed by atoms with Gasteiger partial charge in [-0.2, -0.15) is 0 Å². The average Bonchev–Trinajstić information content (AvgIpc) is 2.47. The van der Waals surface area contributed by atoms with Gasteiger partial charge in [0.1, 0.15) is 17.7 Å². The number of aromatic nitrogens is 1. The molecule has 1 aromatic rings. The average molecular weight is 330 g/mol. The largest absolute Gasteiger partial charge is 0.480 e. The lowest BCUT2D eigenvalue weighted by atomic mass is 10.3. The van der Waals surface area contributed by atoms with E-state index >= 15 is 0 Å². The first-order valence-electron chi connectivity index (χ1n) is 6.44. The van der Waals surface area contributed by atoms with Crippen LogP contribution in [-0.4, -0.2) is 47.0 Å². The molecule has 0 radical (unpaired) electrons. The molecule has 0 saturated heterocycles. The van der Waals surface area contributed by atoms with Gasteiger partial charge < -0.3 is 15.2 Å². The molecule has 0 aliphatic carbocycles. The van der Waals surface area contributed by atoms with Gasteiger partial charge in [-0.3, -0.25) is 4.79 Å². The van der Waals surface area contributed by atoms with E-state index in [1.54, 1.807) is 6.20 Å². The lowest BCUT2D eigenvalue weighted by Crippen LogP contribution is -2.44.